The van der Waals surface area contributed by atoms with Crippen molar-refractivity contribution < 1.29 is 9.18 Å². The van der Waals surface area contributed by atoms with E-state index in [1.807, 2.05) is 24.5 Å². The number of halogens is 1. The first-order chi connectivity index (χ1) is 10.5. The molecular formula is C17H13FN2O2. The quantitative estimate of drug-likeness (QED) is 0.541. The zero-order valence-electron chi connectivity index (χ0n) is 12.1. The third kappa shape index (κ3) is 1.45. The van der Waals surface area contributed by atoms with Crippen LogP contribution in [0.4, 0.5) is 4.39 Å². The minimum absolute atomic E-state index is 0.0246. The van der Waals surface area contributed by atoms with Crippen molar-refractivity contribution >= 4 is 16.8 Å². The Balaban J connectivity index is 2.29. The number of nitrogens with zero attached hydrogens (tertiary/aromatic N) is 2. The van der Waals surface area contributed by atoms with Gasteiger partial charge in [-0.15, -0.1) is 0 Å². The van der Waals surface area contributed by atoms with Crippen LogP contribution in [0, 0.1) is 5.82 Å². The van der Waals surface area contributed by atoms with Gasteiger partial charge in [0.2, 0.25) is 5.43 Å². The summed E-state index contributed by atoms with van der Waals surface area (Å²) in [5.41, 5.74) is 1.69. The van der Waals surface area contributed by atoms with E-state index in [1.54, 1.807) is 18.3 Å². The maximum absolute atomic E-state index is 13.6. The fraction of sp³-hybridized carbons (Fsp3) is 0.176. The van der Waals surface area contributed by atoms with Gasteiger partial charge in [0.1, 0.15) is 11.4 Å². The van der Waals surface area contributed by atoms with E-state index in [1.165, 1.54) is 16.7 Å². The van der Waals surface area contributed by atoms with Crippen LogP contribution in [0.2, 0.25) is 0 Å². The Morgan fingerprint density at radius 1 is 1.14 bits per heavy atom. The van der Waals surface area contributed by atoms with Crippen LogP contribution in [-0.2, 0) is 0 Å². The molecule has 0 radical (unpaired) electrons. The molecule has 0 unspecified atom stereocenters. The van der Waals surface area contributed by atoms with Crippen LogP contribution < -0.4 is 5.43 Å². The zero-order valence-corrected chi connectivity index (χ0v) is 12.1. The van der Waals surface area contributed by atoms with E-state index in [0.29, 0.717) is 16.9 Å². The summed E-state index contributed by atoms with van der Waals surface area (Å²) in [6.07, 6.45) is 1.65. The van der Waals surface area contributed by atoms with Crippen molar-refractivity contribution in [2.75, 3.05) is 0 Å². The lowest BCUT2D eigenvalue weighted by Gasteiger charge is -2.19. The summed E-state index contributed by atoms with van der Waals surface area (Å²) in [6, 6.07) is 7.76. The summed E-state index contributed by atoms with van der Waals surface area (Å²) >= 11 is 0. The van der Waals surface area contributed by atoms with Gasteiger partial charge < -0.3 is 4.57 Å². The van der Waals surface area contributed by atoms with Gasteiger partial charge in [0.05, 0.1) is 16.9 Å². The van der Waals surface area contributed by atoms with E-state index < -0.39 is 11.2 Å². The van der Waals surface area contributed by atoms with Gasteiger partial charge in [-0.05, 0) is 44.2 Å². The molecule has 0 atom stereocenters. The number of benzene rings is 1. The molecule has 0 saturated carbocycles. The molecule has 0 N–H and O–H groups in total. The topological polar surface area (TPSA) is 44.0 Å². The molecule has 4 nitrogen and oxygen atoms in total. The van der Waals surface area contributed by atoms with Crippen LogP contribution in [-0.4, -0.2) is 15.0 Å². The first-order valence-corrected chi connectivity index (χ1v) is 7.11. The number of hydrogen-bond donors (Lipinski definition) is 0. The minimum atomic E-state index is -0.482. The van der Waals surface area contributed by atoms with E-state index in [-0.39, 0.29) is 22.9 Å². The van der Waals surface area contributed by atoms with Crippen molar-refractivity contribution in [3.8, 4) is 11.4 Å². The lowest BCUT2D eigenvalue weighted by atomic mass is 10.1. The first kappa shape index (κ1) is 13.0. The highest BCUT2D eigenvalue weighted by Crippen LogP contribution is 2.35. The Hall–Kier alpha value is -2.69. The van der Waals surface area contributed by atoms with Crippen molar-refractivity contribution in [1.29, 1.82) is 0 Å². The molecule has 2 aromatic heterocycles. The van der Waals surface area contributed by atoms with E-state index in [2.05, 4.69) is 0 Å². The fourth-order valence-corrected chi connectivity index (χ4v) is 3.24. The Morgan fingerprint density at radius 3 is 2.64 bits per heavy atom. The maximum atomic E-state index is 13.6. The molecule has 0 amide bonds. The summed E-state index contributed by atoms with van der Waals surface area (Å²) in [5, 5.41) is 0.242. The molecule has 4 rings (SSSR count). The van der Waals surface area contributed by atoms with E-state index in [4.69, 9.17) is 0 Å². The van der Waals surface area contributed by atoms with Crippen LogP contribution in [0.15, 0.2) is 41.3 Å². The monoisotopic (exact) mass is 296 g/mol. The minimum Gasteiger partial charge on any atom is -0.336 e. The largest absolute Gasteiger partial charge is 0.336 e. The van der Waals surface area contributed by atoms with Gasteiger partial charge in [0, 0.05) is 17.6 Å². The molecule has 0 fully saturated rings. The van der Waals surface area contributed by atoms with E-state index in [9.17, 15) is 14.0 Å². The highest BCUT2D eigenvalue weighted by molar-refractivity contribution is 6.10. The molecule has 22 heavy (non-hydrogen) atoms. The van der Waals surface area contributed by atoms with Crippen molar-refractivity contribution in [3.63, 3.8) is 0 Å². The first-order valence-electron chi connectivity index (χ1n) is 7.11. The Labute approximate surface area is 125 Å². The van der Waals surface area contributed by atoms with E-state index in [0.717, 1.165) is 0 Å². The fourth-order valence-electron chi connectivity index (χ4n) is 3.24. The highest BCUT2D eigenvalue weighted by Gasteiger charge is 2.33. The number of hydrogen-bond acceptors (Lipinski definition) is 2. The average molecular weight is 296 g/mol. The van der Waals surface area contributed by atoms with Crippen molar-refractivity contribution in [2.24, 2.45) is 0 Å². The Kier molecular flexibility index (Phi) is 2.46. The molecule has 0 bridgehead atoms. The lowest BCUT2D eigenvalue weighted by molar-refractivity contribution is 0.0968. The smallest absolute Gasteiger partial charge is 0.268 e. The van der Waals surface area contributed by atoms with Gasteiger partial charge in [0.15, 0.2) is 0 Å². The number of carbonyl (C=O) groups is 1. The van der Waals surface area contributed by atoms with E-state index >= 15 is 0 Å². The predicted octanol–water partition coefficient (Wildman–Crippen LogP) is 3.19. The lowest BCUT2D eigenvalue weighted by Crippen LogP contribution is -2.21. The van der Waals surface area contributed by atoms with Gasteiger partial charge in [-0.1, -0.05) is 0 Å². The molecule has 0 aliphatic carbocycles. The number of aromatic nitrogens is 2. The summed E-state index contributed by atoms with van der Waals surface area (Å²) in [5.74, 6) is -0.828. The Morgan fingerprint density at radius 2 is 1.91 bits per heavy atom. The SMILES string of the molecule is CC(C)n1c2c(c(=O)c3cc(F)ccc31)C(=O)n1cccc1-2. The third-order valence-corrected chi connectivity index (χ3v) is 4.11. The van der Waals surface area contributed by atoms with Crippen LogP contribution in [0.25, 0.3) is 22.3 Å². The predicted molar refractivity (Wildman–Crippen MR) is 81.7 cm³/mol. The second-order valence-corrected chi connectivity index (χ2v) is 5.75. The summed E-state index contributed by atoms with van der Waals surface area (Å²) in [6.45, 7) is 3.95. The molecule has 1 aliphatic heterocycles. The van der Waals surface area contributed by atoms with Crippen molar-refractivity contribution in [3.05, 3.63) is 58.1 Å². The van der Waals surface area contributed by atoms with Crippen LogP contribution >= 0.6 is 0 Å². The number of pyridine rings is 1. The normalized spacial score (nSPS) is 13.0. The second-order valence-electron chi connectivity index (χ2n) is 5.75. The van der Waals surface area contributed by atoms with Gasteiger partial charge in [-0.25, -0.2) is 4.39 Å². The van der Waals surface area contributed by atoms with Gasteiger partial charge in [-0.2, -0.15) is 0 Å². The van der Waals surface area contributed by atoms with Crippen LogP contribution in [0.1, 0.15) is 30.2 Å². The van der Waals surface area contributed by atoms with Crippen molar-refractivity contribution in [1.82, 2.24) is 9.13 Å². The van der Waals surface area contributed by atoms with Gasteiger partial charge in [-0.3, -0.25) is 14.2 Å². The molecule has 1 aliphatic rings. The summed E-state index contributed by atoms with van der Waals surface area (Å²) in [7, 11) is 0. The van der Waals surface area contributed by atoms with Gasteiger partial charge >= 0.3 is 0 Å². The average Bonchev–Trinajstić information content (AvgIpc) is 3.03. The maximum Gasteiger partial charge on any atom is 0.268 e. The summed E-state index contributed by atoms with van der Waals surface area (Å²) < 4.78 is 17.0. The molecule has 0 spiro atoms. The molecule has 110 valence electrons. The summed E-state index contributed by atoms with van der Waals surface area (Å²) in [4.78, 5) is 25.2. The number of carbonyl (C=O) groups excluding carboxylic acids is 1. The van der Waals surface area contributed by atoms with Crippen LogP contribution in [0.3, 0.4) is 0 Å². The van der Waals surface area contributed by atoms with Gasteiger partial charge in [0.25, 0.3) is 5.91 Å². The second kappa shape index (κ2) is 4.16. The number of rotatable bonds is 1. The highest BCUT2D eigenvalue weighted by atomic mass is 19.1. The molecule has 1 aromatic carbocycles. The Bertz CT molecular complexity index is 1010. The molecule has 3 aromatic rings. The van der Waals surface area contributed by atoms with Crippen LogP contribution in [0.5, 0.6) is 0 Å². The zero-order chi connectivity index (χ0) is 15.6. The number of fused-ring (bicyclic) bond motifs is 4. The van der Waals surface area contributed by atoms with Crippen molar-refractivity contribution in [2.45, 2.75) is 19.9 Å². The molecule has 3 heterocycles. The molecular weight excluding hydrogens is 283 g/mol. The molecule has 5 heteroatoms. The molecule has 0 saturated heterocycles. The standard InChI is InChI=1S/C17H13FN2O2/c1-9(2)20-12-6-5-10(18)8-11(12)16(21)14-15(20)13-4-3-7-19(13)17(14)22/h3-9H,1-2H3. The third-order valence-electron chi connectivity index (χ3n) is 4.11.